The highest BCUT2D eigenvalue weighted by atomic mass is 79.9. The lowest BCUT2D eigenvalue weighted by Gasteiger charge is -2.39. The van der Waals surface area contributed by atoms with Crippen LogP contribution in [0.15, 0.2) is 22.7 Å². The number of piperazine rings is 1. The van der Waals surface area contributed by atoms with E-state index in [0.29, 0.717) is 32.3 Å². The number of carbonyl (C=O) groups is 1. The third-order valence-electron chi connectivity index (χ3n) is 5.60. The van der Waals surface area contributed by atoms with E-state index in [-0.39, 0.29) is 17.4 Å². The fourth-order valence-electron chi connectivity index (χ4n) is 4.26. The first kappa shape index (κ1) is 20.7. The molecule has 2 aliphatic rings. The maximum Gasteiger partial charge on any atom is 0.241 e. The van der Waals surface area contributed by atoms with Gasteiger partial charge in [-0.05, 0) is 24.6 Å². The maximum atomic E-state index is 13.3. The number of carbonyl (C=O) groups excluding carboxylic acids is 1. The van der Waals surface area contributed by atoms with Crippen LogP contribution in [0.4, 0.5) is 5.69 Å². The molecular formula is C20H30BrN3O3. The number of ether oxygens (including phenoxy) is 2. The van der Waals surface area contributed by atoms with Gasteiger partial charge in [-0.3, -0.25) is 9.69 Å². The summed E-state index contributed by atoms with van der Waals surface area (Å²) < 4.78 is 11.8. The summed E-state index contributed by atoms with van der Waals surface area (Å²) in [5.41, 5.74) is 1.96. The van der Waals surface area contributed by atoms with E-state index < -0.39 is 0 Å². The molecule has 0 saturated carbocycles. The Labute approximate surface area is 170 Å². The molecule has 6 nitrogen and oxygen atoms in total. The Kier molecular flexibility index (Phi) is 6.58. The van der Waals surface area contributed by atoms with Crippen LogP contribution in [-0.2, 0) is 19.7 Å². The lowest BCUT2D eigenvalue weighted by Crippen LogP contribution is -2.59. The molecule has 0 aliphatic carbocycles. The van der Waals surface area contributed by atoms with Gasteiger partial charge < -0.3 is 19.7 Å². The SMILES string of the molecule is COC[C@H]1CN[C@H](C)CN1CC(=O)N1C[C@](C)(COC)c2ccc(Br)cc21. The summed E-state index contributed by atoms with van der Waals surface area (Å²) in [6.45, 7) is 8.24. The molecule has 2 aliphatic heterocycles. The van der Waals surface area contributed by atoms with Gasteiger partial charge in [0.15, 0.2) is 0 Å². The summed E-state index contributed by atoms with van der Waals surface area (Å²) in [6, 6.07) is 6.76. The summed E-state index contributed by atoms with van der Waals surface area (Å²) in [5, 5.41) is 3.47. The molecule has 1 amide bonds. The summed E-state index contributed by atoms with van der Waals surface area (Å²) >= 11 is 3.55. The van der Waals surface area contributed by atoms with E-state index in [1.165, 1.54) is 5.56 Å². The second kappa shape index (κ2) is 8.57. The second-order valence-electron chi connectivity index (χ2n) is 7.98. The molecule has 150 valence electrons. The van der Waals surface area contributed by atoms with Gasteiger partial charge in [0.05, 0.1) is 19.8 Å². The Balaban J connectivity index is 1.81. The first-order chi connectivity index (χ1) is 12.9. The molecule has 1 fully saturated rings. The van der Waals surface area contributed by atoms with E-state index in [0.717, 1.165) is 23.2 Å². The van der Waals surface area contributed by atoms with E-state index in [1.54, 1.807) is 14.2 Å². The zero-order chi connectivity index (χ0) is 19.6. The number of hydrogen-bond donors (Lipinski definition) is 1. The molecule has 27 heavy (non-hydrogen) atoms. The first-order valence-corrected chi connectivity index (χ1v) is 10.2. The number of halogens is 1. The van der Waals surface area contributed by atoms with Crippen LogP contribution >= 0.6 is 15.9 Å². The number of rotatable bonds is 6. The fraction of sp³-hybridized carbons (Fsp3) is 0.650. The first-order valence-electron chi connectivity index (χ1n) is 9.43. The van der Waals surface area contributed by atoms with Crippen LogP contribution in [0, 0.1) is 0 Å². The Bertz CT molecular complexity index is 686. The number of nitrogens with one attached hydrogen (secondary N) is 1. The van der Waals surface area contributed by atoms with Gasteiger partial charge in [-0.15, -0.1) is 0 Å². The zero-order valence-electron chi connectivity index (χ0n) is 16.6. The van der Waals surface area contributed by atoms with Gasteiger partial charge in [0.1, 0.15) is 0 Å². The Morgan fingerprint density at radius 3 is 2.85 bits per heavy atom. The van der Waals surface area contributed by atoms with Gasteiger partial charge in [-0.25, -0.2) is 0 Å². The molecule has 3 atom stereocenters. The molecule has 0 unspecified atom stereocenters. The lowest BCUT2D eigenvalue weighted by molar-refractivity contribution is -0.121. The van der Waals surface area contributed by atoms with E-state index in [9.17, 15) is 4.79 Å². The van der Waals surface area contributed by atoms with Gasteiger partial charge in [-0.1, -0.05) is 28.9 Å². The van der Waals surface area contributed by atoms with Crippen LogP contribution in [0.5, 0.6) is 0 Å². The van der Waals surface area contributed by atoms with Gasteiger partial charge in [-0.2, -0.15) is 0 Å². The van der Waals surface area contributed by atoms with E-state index in [2.05, 4.69) is 46.1 Å². The monoisotopic (exact) mass is 439 g/mol. The van der Waals surface area contributed by atoms with Crippen molar-refractivity contribution in [2.75, 3.05) is 58.5 Å². The summed E-state index contributed by atoms with van der Waals surface area (Å²) in [7, 11) is 3.42. The van der Waals surface area contributed by atoms with Crippen molar-refractivity contribution in [3.05, 3.63) is 28.2 Å². The number of amides is 1. The van der Waals surface area contributed by atoms with Crippen molar-refractivity contribution in [3.63, 3.8) is 0 Å². The van der Waals surface area contributed by atoms with Gasteiger partial charge in [0, 0.05) is 61.5 Å². The molecule has 0 aromatic heterocycles. The van der Waals surface area contributed by atoms with Crippen molar-refractivity contribution in [1.29, 1.82) is 0 Å². The molecule has 1 saturated heterocycles. The predicted octanol–water partition coefficient (Wildman–Crippen LogP) is 2.01. The van der Waals surface area contributed by atoms with Crippen molar-refractivity contribution in [3.8, 4) is 0 Å². The summed E-state index contributed by atoms with van der Waals surface area (Å²) in [6.07, 6.45) is 0. The zero-order valence-corrected chi connectivity index (χ0v) is 18.2. The van der Waals surface area contributed by atoms with Crippen LogP contribution < -0.4 is 10.2 Å². The van der Waals surface area contributed by atoms with Gasteiger partial charge >= 0.3 is 0 Å². The minimum atomic E-state index is -0.191. The van der Waals surface area contributed by atoms with E-state index in [1.807, 2.05) is 17.0 Å². The number of fused-ring (bicyclic) bond motifs is 1. The van der Waals surface area contributed by atoms with Crippen molar-refractivity contribution < 1.29 is 14.3 Å². The second-order valence-corrected chi connectivity index (χ2v) is 8.90. The standard InChI is InChI=1S/C20H30BrN3O3/c1-14-9-23(16(8-22-14)11-26-3)10-19(25)24-12-20(2,13-27-4)17-6-5-15(21)7-18(17)24/h5-7,14,16,22H,8-13H2,1-4H3/t14-,16-,20-/m1/s1. The minimum Gasteiger partial charge on any atom is -0.384 e. The molecule has 1 N–H and O–H groups in total. The van der Waals surface area contributed by atoms with E-state index >= 15 is 0 Å². The molecule has 1 aromatic carbocycles. The Hall–Kier alpha value is -0.990. The molecule has 0 bridgehead atoms. The maximum absolute atomic E-state index is 13.3. The lowest BCUT2D eigenvalue weighted by atomic mass is 9.85. The van der Waals surface area contributed by atoms with Crippen molar-refractivity contribution in [2.24, 2.45) is 0 Å². The third-order valence-corrected chi connectivity index (χ3v) is 6.09. The third kappa shape index (κ3) is 4.38. The normalized spacial score (nSPS) is 28.4. The molecule has 2 heterocycles. The van der Waals surface area contributed by atoms with Gasteiger partial charge in [0.25, 0.3) is 0 Å². The summed E-state index contributed by atoms with van der Waals surface area (Å²) in [5.74, 6) is 0.129. The highest BCUT2D eigenvalue weighted by molar-refractivity contribution is 9.10. The Morgan fingerprint density at radius 1 is 1.37 bits per heavy atom. The quantitative estimate of drug-likeness (QED) is 0.734. The van der Waals surface area contributed by atoms with Crippen molar-refractivity contribution in [1.82, 2.24) is 10.2 Å². The predicted molar refractivity (Wildman–Crippen MR) is 110 cm³/mol. The van der Waals surface area contributed by atoms with Crippen LogP contribution in [0.1, 0.15) is 19.4 Å². The highest BCUT2D eigenvalue weighted by Gasteiger charge is 2.42. The van der Waals surface area contributed by atoms with Crippen molar-refractivity contribution >= 4 is 27.5 Å². The van der Waals surface area contributed by atoms with Gasteiger partial charge in [0.2, 0.25) is 5.91 Å². The minimum absolute atomic E-state index is 0.129. The molecular weight excluding hydrogens is 410 g/mol. The van der Waals surface area contributed by atoms with Crippen LogP contribution in [0.25, 0.3) is 0 Å². The van der Waals surface area contributed by atoms with Crippen LogP contribution in [0.3, 0.4) is 0 Å². The van der Waals surface area contributed by atoms with Crippen LogP contribution in [0.2, 0.25) is 0 Å². The largest absolute Gasteiger partial charge is 0.384 e. The Morgan fingerprint density at radius 2 is 2.15 bits per heavy atom. The van der Waals surface area contributed by atoms with Crippen LogP contribution in [-0.4, -0.2) is 76.5 Å². The number of nitrogens with zero attached hydrogens (tertiary/aromatic N) is 2. The molecule has 7 heteroatoms. The molecule has 0 radical (unpaired) electrons. The summed E-state index contributed by atoms with van der Waals surface area (Å²) in [4.78, 5) is 17.5. The average molecular weight is 440 g/mol. The molecule has 0 spiro atoms. The van der Waals surface area contributed by atoms with Crippen molar-refractivity contribution in [2.45, 2.75) is 31.3 Å². The highest BCUT2D eigenvalue weighted by Crippen LogP contribution is 2.42. The number of methoxy groups -OCH3 is 2. The fourth-order valence-corrected chi connectivity index (χ4v) is 4.61. The number of benzene rings is 1. The molecule has 3 rings (SSSR count). The van der Waals surface area contributed by atoms with E-state index in [4.69, 9.17) is 9.47 Å². The number of hydrogen-bond acceptors (Lipinski definition) is 5. The number of anilines is 1. The topological polar surface area (TPSA) is 54.0 Å². The smallest absolute Gasteiger partial charge is 0.241 e. The average Bonchev–Trinajstić information content (AvgIpc) is 2.90. The molecule has 1 aromatic rings.